The van der Waals surface area contributed by atoms with Gasteiger partial charge in [0, 0.05) is 13.0 Å². The van der Waals surface area contributed by atoms with Gasteiger partial charge in [0.05, 0.1) is 11.0 Å². The van der Waals surface area contributed by atoms with Crippen LogP contribution in [-0.2, 0) is 6.54 Å². The number of aryl methyl sites for hydroxylation is 1. The van der Waals surface area contributed by atoms with Crippen molar-refractivity contribution in [2.45, 2.75) is 25.6 Å². The maximum absolute atomic E-state index is 12.0. The summed E-state index contributed by atoms with van der Waals surface area (Å²) in [6, 6.07) is 6.94. The molecule has 0 aliphatic heterocycles. The van der Waals surface area contributed by atoms with Crippen LogP contribution in [0.1, 0.15) is 12.8 Å². The molecule has 2 rings (SSSR count). The highest BCUT2D eigenvalue weighted by atomic mass is 19.4. The molecule has 1 aromatic heterocycles. The maximum Gasteiger partial charge on any atom is 0.389 e. The summed E-state index contributed by atoms with van der Waals surface area (Å²) >= 11 is 0. The van der Waals surface area contributed by atoms with Crippen molar-refractivity contribution in [2.75, 3.05) is 0 Å². The molecule has 6 heteroatoms. The van der Waals surface area contributed by atoms with Crippen molar-refractivity contribution in [2.24, 2.45) is 0 Å². The summed E-state index contributed by atoms with van der Waals surface area (Å²) in [6.45, 7) is 0.0718. The van der Waals surface area contributed by atoms with Crippen LogP contribution in [0.3, 0.4) is 0 Å². The topological polar surface area (TPSA) is 37.8 Å². The lowest BCUT2D eigenvalue weighted by Crippen LogP contribution is -2.18. The zero-order chi connectivity index (χ0) is 12.5. The number of aromatic amines is 1. The van der Waals surface area contributed by atoms with E-state index in [2.05, 4.69) is 4.98 Å². The Kier molecular flexibility index (Phi) is 2.95. The highest BCUT2D eigenvalue weighted by Crippen LogP contribution is 2.22. The monoisotopic (exact) mass is 244 g/mol. The molecule has 0 atom stereocenters. The zero-order valence-corrected chi connectivity index (χ0v) is 8.92. The van der Waals surface area contributed by atoms with Crippen molar-refractivity contribution in [1.29, 1.82) is 0 Å². The SMILES string of the molecule is O=c1[nH]c2ccccc2n1CCCC(F)(F)F. The number of alkyl halides is 3. The van der Waals surface area contributed by atoms with Crippen molar-refractivity contribution in [1.82, 2.24) is 9.55 Å². The number of hydrogen-bond donors (Lipinski definition) is 1. The van der Waals surface area contributed by atoms with Crippen LogP contribution in [0.2, 0.25) is 0 Å². The third-order valence-corrected chi connectivity index (χ3v) is 2.52. The number of para-hydroxylation sites is 2. The molecule has 0 bridgehead atoms. The van der Waals surface area contributed by atoms with E-state index < -0.39 is 12.6 Å². The minimum absolute atomic E-state index is 0.0718. The van der Waals surface area contributed by atoms with Gasteiger partial charge in [-0.05, 0) is 18.6 Å². The summed E-state index contributed by atoms with van der Waals surface area (Å²) in [5.41, 5.74) is 0.914. The molecule has 0 spiro atoms. The van der Waals surface area contributed by atoms with Crippen molar-refractivity contribution < 1.29 is 13.2 Å². The molecule has 1 N–H and O–H groups in total. The fourth-order valence-corrected chi connectivity index (χ4v) is 1.77. The summed E-state index contributed by atoms with van der Waals surface area (Å²) in [5.74, 6) is 0. The molecule has 0 fully saturated rings. The average Bonchev–Trinajstić information content (AvgIpc) is 2.54. The molecular formula is C11H11F3N2O. The average molecular weight is 244 g/mol. The maximum atomic E-state index is 12.0. The van der Waals surface area contributed by atoms with Gasteiger partial charge >= 0.3 is 11.9 Å². The van der Waals surface area contributed by atoms with Gasteiger partial charge in [-0.1, -0.05) is 12.1 Å². The number of H-pyrrole nitrogens is 1. The Morgan fingerprint density at radius 3 is 2.65 bits per heavy atom. The first kappa shape index (κ1) is 11.8. The van der Waals surface area contributed by atoms with Crippen molar-refractivity contribution in [3.63, 3.8) is 0 Å². The second-order valence-corrected chi connectivity index (χ2v) is 3.82. The molecule has 3 nitrogen and oxygen atoms in total. The van der Waals surface area contributed by atoms with Gasteiger partial charge in [-0.15, -0.1) is 0 Å². The minimum atomic E-state index is -4.17. The fourth-order valence-electron chi connectivity index (χ4n) is 1.77. The smallest absolute Gasteiger partial charge is 0.306 e. The van der Waals surface area contributed by atoms with Gasteiger partial charge in [0.2, 0.25) is 0 Å². The number of aromatic nitrogens is 2. The number of imidazole rings is 1. The Balaban J connectivity index is 2.19. The van der Waals surface area contributed by atoms with Crippen molar-refractivity contribution in [3.8, 4) is 0 Å². The molecule has 1 aromatic carbocycles. The fraction of sp³-hybridized carbons (Fsp3) is 0.364. The first-order chi connectivity index (χ1) is 7.97. The molecule has 0 aliphatic carbocycles. The van der Waals surface area contributed by atoms with Crippen LogP contribution in [0.5, 0.6) is 0 Å². The van der Waals surface area contributed by atoms with E-state index in [-0.39, 0.29) is 18.7 Å². The molecule has 0 saturated carbocycles. The van der Waals surface area contributed by atoms with Crippen LogP contribution < -0.4 is 5.69 Å². The van der Waals surface area contributed by atoms with Gasteiger partial charge in [0.1, 0.15) is 0 Å². The Morgan fingerprint density at radius 2 is 1.94 bits per heavy atom. The molecule has 1 heterocycles. The molecule has 17 heavy (non-hydrogen) atoms. The van der Waals surface area contributed by atoms with E-state index in [0.717, 1.165) is 0 Å². The largest absolute Gasteiger partial charge is 0.389 e. The third-order valence-electron chi connectivity index (χ3n) is 2.52. The number of halogens is 3. The van der Waals surface area contributed by atoms with Crippen LogP contribution in [0.4, 0.5) is 13.2 Å². The molecular weight excluding hydrogens is 233 g/mol. The van der Waals surface area contributed by atoms with E-state index >= 15 is 0 Å². The van der Waals surface area contributed by atoms with Gasteiger partial charge in [-0.25, -0.2) is 4.79 Å². The molecule has 0 radical (unpaired) electrons. The molecule has 0 aliphatic rings. The van der Waals surface area contributed by atoms with Crippen LogP contribution in [0.15, 0.2) is 29.1 Å². The lowest BCUT2D eigenvalue weighted by atomic mass is 10.3. The van der Waals surface area contributed by atoms with Gasteiger partial charge in [-0.2, -0.15) is 13.2 Å². The highest BCUT2D eigenvalue weighted by molar-refractivity contribution is 5.74. The molecule has 2 aromatic rings. The second kappa shape index (κ2) is 4.27. The number of rotatable bonds is 3. The number of nitrogens with one attached hydrogen (secondary N) is 1. The highest BCUT2D eigenvalue weighted by Gasteiger charge is 2.26. The Hall–Kier alpha value is -1.72. The van der Waals surface area contributed by atoms with Crippen LogP contribution in [0, 0.1) is 0 Å². The minimum Gasteiger partial charge on any atom is -0.306 e. The third kappa shape index (κ3) is 2.69. The predicted octanol–water partition coefficient (Wildman–Crippen LogP) is 2.67. The Bertz CT molecular complexity index is 568. The van der Waals surface area contributed by atoms with Crippen molar-refractivity contribution >= 4 is 11.0 Å². The number of hydrogen-bond acceptors (Lipinski definition) is 1. The lowest BCUT2D eigenvalue weighted by Gasteiger charge is -2.06. The van der Waals surface area contributed by atoms with E-state index in [4.69, 9.17) is 0 Å². The summed E-state index contributed by atoms with van der Waals surface area (Å²) in [7, 11) is 0. The number of fused-ring (bicyclic) bond motifs is 1. The number of benzene rings is 1. The lowest BCUT2D eigenvalue weighted by molar-refractivity contribution is -0.135. The van der Waals surface area contributed by atoms with E-state index in [1.54, 1.807) is 24.3 Å². The van der Waals surface area contributed by atoms with Gasteiger partial charge < -0.3 is 4.98 Å². The normalized spacial score (nSPS) is 12.2. The van der Waals surface area contributed by atoms with Crippen molar-refractivity contribution in [3.05, 3.63) is 34.7 Å². The summed E-state index contributed by atoms with van der Waals surface area (Å²) in [5, 5.41) is 0. The molecule has 92 valence electrons. The molecule has 0 unspecified atom stereocenters. The van der Waals surface area contributed by atoms with Crippen LogP contribution >= 0.6 is 0 Å². The van der Waals surface area contributed by atoms with E-state index in [1.165, 1.54) is 4.57 Å². The predicted molar refractivity (Wildman–Crippen MR) is 57.8 cm³/mol. The van der Waals surface area contributed by atoms with Gasteiger partial charge in [0.25, 0.3) is 0 Å². The Morgan fingerprint density at radius 1 is 1.24 bits per heavy atom. The van der Waals surface area contributed by atoms with Gasteiger partial charge in [0.15, 0.2) is 0 Å². The van der Waals surface area contributed by atoms with E-state index in [0.29, 0.717) is 11.0 Å². The standard InChI is InChI=1S/C11H11F3N2O/c12-11(13,14)6-3-7-16-9-5-2-1-4-8(9)15-10(16)17/h1-2,4-5H,3,6-7H2,(H,15,17). The summed E-state index contributed by atoms with van der Waals surface area (Å²) < 4.78 is 37.3. The summed E-state index contributed by atoms with van der Waals surface area (Å²) in [6.07, 6.45) is -5.14. The number of nitrogens with zero attached hydrogens (tertiary/aromatic N) is 1. The Labute approximate surface area is 94.9 Å². The summed E-state index contributed by atoms with van der Waals surface area (Å²) in [4.78, 5) is 14.1. The quantitative estimate of drug-likeness (QED) is 0.885. The van der Waals surface area contributed by atoms with E-state index in [1.807, 2.05) is 0 Å². The molecule has 0 saturated heterocycles. The van der Waals surface area contributed by atoms with Crippen LogP contribution in [-0.4, -0.2) is 15.7 Å². The molecule has 0 amide bonds. The first-order valence-electron chi connectivity index (χ1n) is 5.22. The zero-order valence-electron chi connectivity index (χ0n) is 8.92. The first-order valence-corrected chi connectivity index (χ1v) is 5.22. The van der Waals surface area contributed by atoms with Gasteiger partial charge in [-0.3, -0.25) is 4.57 Å². The van der Waals surface area contributed by atoms with E-state index in [9.17, 15) is 18.0 Å². The second-order valence-electron chi connectivity index (χ2n) is 3.82. The van der Waals surface area contributed by atoms with Crippen LogP contribution in [0.25, 0.3) is 11.0 Å².